The number of carbonyl (C=O) groups excluding carboxylic acids is 7. The molecule has 0 aliphatic carbocycles. The van der Waals surface area contributed by atoms with Gasteiger partial charge in [0.1, 0.15) is 35.9 Å². The number of carboxylic acid groups (broad SMARTS) is 2. The minimum atomic E-state index is -1.88. The van der Waals surface area contributed by atoms with Crippen LogP contribution in [-0.2, 0) is 54.3 Å². The van der Waals surface area contributed by atoms with Gasteiger partial charge in [-0.2, -0.15) is 0 Å². The summed E-state index contributed by atoms with van der Waals surface area (Å²) in [5.41, 5.74) is 12.4. The first-order valence-electron chi connectivity index (χ1n) is 23.5. The first-order valence-corrected chi connectivity index (χ1v) is 23.5. The maximum Gasteiger partial charge on any atom is 0.327 e. The number of guanidine groups is 1. The first-order chi connectivity index (χ1) is 33.3. The molecule has 0 aromatic heterocycles. The molecule has 1 aliphatic rings. The molecule has 0 spiro atoms. The van der Waals surface area contributed by atoms with Crippen molar-refractivity contribution in [3.63, 3.8) is 0 Å². The van der Waals surface area contributed by atoms with Crippen LogP contribution < -0.4 is 43.4 Å². The molecule has 392 valence electrons. The summed E-state index contributed by atoms with van der Waals surface area (Å²) in [7, 11) is 2.82. The van der Waals surface area contributed by atoms with Gasteiger partial charge in [0.2, 0.25) is 35.4 Å². The molecular weight excluding hydrogens is 921 g/mol. The highest BCUT2D eigenvalue weighted by atomic mass is 16.5. The number of methoxy groups -OCH3 is 1. The van der Waals surface area contributed by atoms with Crippen molar-refractivity contribution in [2.75, 3.05) is 20.7 Å². The van der Waals surface area contributed by atoms with Crippen LogP contribution >= 0.6 is 0 Å². The average Bonchev–Trinajstić information content (AvgIpc) is 3.31. The number of ether oxygens (including phenoxy) is 1. The third-order valence-electron chi connectivity index (χ3n) is 12.0. The van der Waals surface area contributed by atoms with Crippen molar-refractivity contribution in [3.05, 3.63) is 72.0 Å². The number of likely N-dealkylation sites (N-methyl/N-ethyl adjacent to an activating group) is 1. The van der Waals surface area contributed by atoms with Gasteiger partial charge >= 0.3 is 11.9 Å². The topological polar surface area (TPSA) is 343 Å². The van der Waals surface area contributed by atoms with Gasteiger partial charge in [-0.1, -0.05) is 95.3 Å². The van der Waals surface area contributed by atoms with Crippen LogP contribution in [0.3, 0.4) is 0 Å². The van der Waals surface area contributed by atoms with Crippen molar-refractivity contribution in [2.45, 2.75) is 129 Å². The minimum Gasteiger partial charge on any atom is -0.480 e. The van der Waals surface area contributed by atoms with Crippen molar-refractivity contribution < 1.29 is 58.1 Å². The highest BCUT2D eigenvalue weighted by Crippen LogP contribution is 2.19. The number of allylic oxidation sites excluding steroid dienone is 2. The van der Waals surface area contributed by atoms with Crippen molar-refractivity contribution in [3.8, 4) is 0 Å². The van der Waals surface area contributed by atoms with Gasteiger partial charge in [0.15, 0.2) is 5.96 Å². The number of carboxylic acids is 2. The lowest BCUT2D eigenvalue weighted by molar-refractivity contribution is -0.146. The number of benzene rings is 1. The normalized spacial score (nSPS) is 25.3. The van der Waals surface area contributed by atoms with Crippen LogP contribution in [0.25, 0.3) is 0 Å². The Bertz CT molecular complexity index is 2160. The number of hydrogen-bond acceptors (Lipinski definition) is 11. The SMILES string of the molecule is C=C1C(=O)N[C@H](C)C(=O)N[C@@H](CC(C)C)C(=O)NC(C(=O)O)C(C)C(=O)NC(CCCN=C(N)N)C(=O)NC(/C=C/C(C)=C/C(C)C(Cc2ccccc2)OC)C(C)C(=O)NC(C(=O)O)CCC(=O)N1C. The van der Waals surface area contributed by atoms with Crippen LogP contribution in [0.1, 0.15) is 86.1 Å². The van der Waals surface area contributed by atoms with E-state index in [1.165, 1.54) is 33.9 Å². The lowest BCUT2D eigenvalue weighted by atomic mass is 9.94. The van der Waals surface area contributed by atoms with Crippen LogP contribution in [0.2, 0.25) is 0 Å². The Labute approximate surface area is 415 Å². The molecule has 71 heavy (non-hydrogen) atoms. The zero-order valence-corrected chi connectivity index (χ0v) is 42.2. The average molecular weight is 995 g/mol. The van der Waals surface area contributed by atoms with Gasteiger partial charge in [-0.15, -0.1) is 0 Å². The number of rotatable bonds is 15. The second-order valence-corrected chi connectivity index (χ2v) is 18.3. The zero-order chi connectivity index (χ0) is 53.7. The fraction of sp³-hybridized carbons (Fsp3) is 0.551. The Morgan fingerprint density at radius 3 is 2.03 bits per heavy atom. The standard InChI is InChI=1S/C49H74N10O12/c1-26(2)23-37-46(66)58-40(48(69)70)30(6)42(62)55-35(17-14-22-52-49(50)51)45(65)54-34(19-18-27(3)24-28(4)38(71-10)25-33-15-12-11-13-16-33)29(5)41(61)56-36(47(67)68)20-21-39(60)59(9)32(8)44(64)53-31(7)43(63)57-37/h11-13,15-16,18-19,24,26,28-31,34-38,40H,8,14,17,20-23,25H2,1-7,9-10H3,(H,53,64)(H,54,65)(H,55,62)(H,56,61)(H,57,63)(H,58,66)(H,67,68)(H,69,70)(H4,50,51,52)/b19-18+,27-24+/t28?,29?,30?,31-,34?,35?,36?,37+,38?,40?/m1/s1. The van der Waals surface area contributed by atoms with E-state index in [1.54, 1.807) is 34.0 Å². The number of nitrogens with two attached hydrogens (primary N) is 2. The van der Waals surface area contributed by atoms with Crippen molar-refractivity contribution >= 4 is 59.2 Å². The summed E-state index contributed by atoms with van der Waals surface area (Å²) in [6, 6.07) is 0.998. The highest BCUT2D eigenvalue weighted by molar-refractivity contribution is 6.00. The van der Waals surface area contributed by atoms with E-state index in [2.05, 4.69) is 43.5 Å². The van der Waals surface area contributed by atoms with E-state index >= 15 is 0 Å². The minimum absolute atomic E-state index is 0.00610. The van der Waals surface area contributed by atoms with Gasteiger partial charge in [-0.25, -0.2) is 9.59 Å². The number of aliphatic carboxylic acids is 2. The number of hydrogen-bond donors (Lipinski definition) is 10. The summed E-state index contributed by atoms with van der Waals surface area (Å²) >= 11 is 0. The summed E-state index contributed by atoms with van der Waals surface area (Å²) in [6.45, 7) is 14.9. The van der Waals surface area contributed by atoms with E-state index in [9.17, 15) is 53.4 Å². The van der Waals surface area contributed by atoms with Gasteiger partial charge in [-0.3, -0.25) is 38.6 Å². The molecule has 0 bridgehead atoms. The quantitative estimate of drug-likeness (QED) is 0.0379. The molecule has 1 aliphatic heterocycles. The third kappa shape index (κ3) is 20.0. The van der Waals surface area contributed by atoms with Crippen LogP contribution in [-0.4, -0.2) is 137 Å². The van der Waals surface area contributed by atoms with Gasteiger partial charge in [-0.05, 0) is 57.4 Å². The summed E-state index contributed by atoms with van der Waals surface area (Å²) < 4.78 is 5.81. The first kappa shape index (κ1) is 60.0. The Balaban J connectivity index is 2.73. The van der Waals surface area contributed by atoms with Gasteiger partial charge in [0, 0.05) is 33.0 Å². The lowest BCUT2D eigenvalue weighted by Gasteiger charge is -2.28. The largest absolute Gasteiger partial charge is 0.480 e. The summed E-state index contributed by atoms with van der Waals surface area (Å²) in [5.74, 6) is -12.6. The van der Waals surface area contributed by atoms with Crippen molar-refractivity contribution in [1.82, 2.24) is 36.8 Å². The molecule has 7 amide bonds. The molecule has 8 unspecified atom stereocenters. The van der Waals surface area contributed by atoms with Crippen LogP contribution in [0.15, 0.2) is 71.4 Å². The molecule has 1 heterocycles. The fourth-order valence-corrected chi connectivity index (χ4v) is 7.46. The van der Waals surface area contributed by atoms with E-state index in [-0.39, 0.29) is 49.7 Å². The maximum absolute atomic E-state index is 14.4. The Morgan fingerprint density at radius 1 is 0.845 bits per heavy atom. The third-order valence-corrected chi connectivity index (χ3v) is 12.0. The number of nitrogens with zero attached hydrogens (tertiary/aromatic N) is 2. The molecule has 22 heteroatoms. The smallest absolute Gasteiger partial charge is 0.327 e. The van der Waals surface area contributed by atoms with Gasteiger partial charge < -0.3 is 63.2 Å². The van der Waals surface area contributed by atoms with E-state index < -0.39 is 120 Å². The summed E-state index contributed by atoms with van der Waals surface area (Å²) in [5, 5.41) is 35.5. The second-order valence-electron chi connectivity index (χ2n) is 18.3. The Kier molecular flexibility index (Phi) is 24.7. The highest BCUT2D eigenvalue weighted by Gasteiger charge is 2.37. The molecule has 1 aromatic rings. The van der Waals surface area contributed by atoms with Gasteiger partial charge in [0.05, 0.1) is 24.0 Å². The maximum atomic E-state index is 14.4. The molecule has 1 saturated heterocycles. The molecule has 2 rings (SSSR count). The van der Waals surface area contributed by atoms with E-state index in [0.29, 0.717) is 12.0 Å². The molecule has 22 nitrogen and oxygen atoms in total. The van der Waals surface area contributed by atoms with Crippen LogP contribution in [0.4, 0.5) is 0 Å². The molecule has 0 saturated carbocycles. The summed E-state index contributed by atoms with van der Waals surface area (Å²) in [6.07, 6.45) is 4.64. The molecule has 1 fully saturated rings. The van der Waals surface area contributed by atoms with Gasteiger partial charge in [0.25, 0.3) is 5.91 Å². The van der Waals surface area contributed by atoms with Crippen molar-refractivity contribution in [2.24, 2.45) is 40.1 Å². The lowest BCUT2D eigenvalue weighted by Crippen LogP contribution is -2.59. The predicted octanol–water partition coefficient (Wildman–Crippen LogP) is 0.618. The molecular formula is C49H74N10O12. The van der Waals surface area contributed by atoms with E-state index in [4.69, 9.17) is 16.2 Å². The van der Waals surface area contributed by atoms with E-state index in [0.717, 1.165) is 10.5 Å². The second kappa shape index (κ2) is 29.2. The zero-order valence-electron chi connectivity index (χ0n) is 42.2. The van der Waals surface area contributed by atoms with Crippen LogP contribution in [0.5, 0.6) is 0 Å². The van der Waals surface area contributed by atoms with Crippen molar-refractivity contribution in [1.29, 1.82) is 0 Å². The monoisotopic (exact) mass is 995 g/mol. The molecule has 0 radical (unpaired) electrons. The summed E-state index contributed by atoms with van der Waals surface area (Å²) in [4.78, 5) is 126. The molecule has 12 N–H and O–H groups in total. The Hall–Kier alpha value is -7.10. The number of nitrogens with one attached hydrogen (secondary N) is 6. The number of carbonyl (C=O) groups is 9. The number of aliphatic imine (C=N–C) groups is 1. The molecule has 1 aromatic carbocycles. The van der Waals surface area contributed by atoms with Crippen LogP contribution in [0, 0.1) is 23.7 Å². The van der Waals surface area contributed by atoms with E-state index in [1.807, 2.05) is 43.3 Å². The fourth-order valence-electron chi connectivity index (χ4n) is 7.46. The molecule has 10 atom stereocenters. The Morgan fingerprint density at radius 2 is 1.45 bits per heavy atom. The number of amides is 7. The predicted molar refractivity (Wildman–Crippen MR) is 264 cm³/mol.